The van der Waals surface area contributed by atoms with Crippen molar-refractivity contribution in [3.05, 3.63) is 0 Å². The number of fused-ring (bicyclic) bond motifs is 1. The first-order chi connectivity index (χ1) is 3.97. The molecule has 2 saturated heterocycles. The van der Waals surface area contributed by atoms with Gasteiger partial charge in [0.2, 0.25) is 0 Å². The lowest BCUT2D eigenvalue weighted by Gasteiger charge is -2.43. The maximum Gasteiger partial charge on any atom is 0.114 e. The monoisotopic (exact) mass is 113 g/mol. The first-order valence-electron chi connectivity index (χ1n) is 3.32. The minimum atomic E-state index is 0.517. The van der Waals surface area contributed by atoms with Crippen molar-refractivity contribution in [1.29, 1.82) is 0 Å². The van der Waals surface area contributed by atoms with E-state index < -0.39 is 0 Å². The van der Waals surface area contributed by atoms with Gasteiger partial charge >= 0.3 is 0 Å². The highest BCUT2D eigenvalue weighted by Crippen LogP contribution is 2.24. The molecule has 0 bridgehead atoms. The van der Waals surface area contributed by atoms with Gasteiger partial charge in [-0.2, -0.15) is 0 Å². The third-order valence-corrected chi connectivity index (χ3v) is 1.99. The van der Waals surface area contributed by atoms with Crippen LogP contribution in [0.3, 0.4) is 0 Å². The van der Waals surface area contributed by atoms with E-state index in [2.05, 4.69) is 4.90 Å². The molecule has 2 heteroatoms. The number of hydrogen-bond acceptors (Lipinski definition) is 2. The van der Waals surface area contributed by atoms with Crippen molar-refractivity contribution in [1.82, 2.24) is 4.90 Å². The van der Waals surface area contributed by atoms with Crippen LogP contribution < -0.4 is 0 Å². The van der Waals surface area contributed by atoms with E-state index in [0.29, 0.717) is 6.23 Å². The topological polar surface area (TPSA) is 12.5 Å². The molecule has 0 aromatic rings. The van der Waals surface area contributed by atoms with Gasteiger partial charge in [-0.05, 0) is 19.3 Å². The van der Waals surface area contributed by atoms with Crippen LogP contribution in [0.4, 0.5) is 0 Å². The summed E-state index contributed by atoms with van der Waals surface area (Å²) < 4.78 is 5.26. The second-order valence-electron chi connectivity index (χ2n) is 2.56. The zero-order valence-electron chi connectivity index (χ0n) is 4.97. The lowest BCUT2D eigenvalue weighted by Crippen LogP contribution is -2.52. The van der Waals surface area contributed by atoms with Crippen molar-refractivity contribution in [2.75, 3.05) is 13.3 Å². The van der Waals surface area contributed by atoms with Crippen LogP contribution in [-0.4, -0.2) is 24.4 Å². The van der Waals surface area contributed by atoms with E-state index in [4.69, 9.17) is 4.74 Å². The molecule has 2 nitrogen and oxygen atoms in total. The SMILES string of the molecule is C1CCN2COC2C1. The van der Waals surface area contributed by atoms with Gasteiger partial charge in [0.15, 0.2) is 0 Å². The Hall–Kier alpha value is -0.0800. The normalized spacial score (nSPS) is 38.2. The van der Waals surface area contributed by atoms with Gasteiger partial charge in [-0.3, -0.25) is 4.90 Å². The van der Waals surface area contributed by atoms with E-state index in [9.17, 15) is 0 Å². The summed E-state index contributed by atoms with van der Waals surface area (Å²) in [4.78, 5) is 2.39. The Labute approximate surface area is 49.4 Å². The highest BCUT2D eigenvalue weighted by atomic mass is 16.6. The largest absolute Gasteiger partial charge is 0.348 e. The van der Waals surface area contributed by atoms with E-state index in [1.165, 1.54) is 25.8 Å². The molecule has 0 spiro atoms. The Kier molecular flexibility index (Phi) is 1.02. The number of ether oxygens (including phenoxy) is 1. The Bertz CT molecular complexity index is 82.5. The fourth-order valence-corrected chi connectivity index (χ4v) is 1.39. The molecule has 1 unspecified atom stereocenters. The predicted molar refractivity (Wildman–Crippen MR) is 30.3 cm³/mol. The number of rotatable bonds is 0. The van der Waals surface area contributed by atoms with Crippen LogP contribution in [0.5, 0.6) is 0 Å². The minimum absolute atomic E-state index is 0.517. The van der Waals surface area contributed by atoms with E-state index in [-0.39, 0.29) is 0 Å². The molecule has 0 saturated carbocycles. The van der Waals surface area contributed by atoms with Crippen LogP contribution >= 0.6 is 0 Å². The van der Waals surface area contributed by atoms with Gasteiger partial charge < -0.3 is 4.74 Å². The van der Waals surface area contributed by atoms with Gasteiger partial charge in [-0.1, -0.05) is 0 Å². The average molecular weight is 113 g/mol. The van der Waals surface area contributed by atoms with Crippen molar-refractivity contribution in [2.24, 2.45) is 0 Å². The van der Waals surface area contributed by atoms with Crippen LogP contribution in [0.25, 0.3) is 0 Å². The molecule has 0 N–H and O–H groups in total. The third kappa shape index (κ3) is 0.565. The Morgan fingerprint density at radius 2 is 2.38 bits per heavy atom. The minimum Gasteiger partial charge on any atom is -0.348 e. The smallest absolute Gasteiger partial charge is 0.114 e. The fourth-order valence-electron chi connectivity index (χ4n) is 1.39. The van der Waals surface area contributed by atoms with Crippen LogP contribution in [-0.2, 0) is 4.74 Å². The maximum atomic E-state index is 5.26. The first kappa shape index (κ1) is 4.77. The molecule has 2 fully saturated rings. The predicted octanol–water partition coefficient (Wildman–Crippen LogP) is 0.786. The summed E-state index contributed by atoms with van der Waals surface area (Å²) in [5.74, 6) is 0. The summed E-state index contributed by atoms with van der Waals surface area (Å²) in [7, 11) is 0. The molecule has 2 aliphatic heterocycles. The molecule has 2 heterocycles. The Balaban J connectivity index is 1.92. The van der Waals surface area contributed by atoms with Crippen LogP contribution in [0.15, 0.2) is 0 Å². The first-order valence-corrected chi connectivity index (χ1v) is 3.32. The summed E-state index contributed by atoms with van der Waals surface area (Å²) >= 11 is 0. The highest BCUT2D eigenvalue weighted by molar-refractivity contribution is 4.72. The van der Waals surface area contributed by atoms with Gasteiger partial charge in [-0.15, -0.1) is 0 Å². The van der Waals surface area contributed by atoms with Crippen molar-refractivity contribution >= 4 is 0 Å². The molecule has 46 valence electrons. The van der Waals surface area contributed by atoms with Gasteiger partial charge in [0.25, 0.3) is 0 Å². The highest BCUT2D eigenvalue weighted by Gasteiger charge is 2.30. The maximum absolute atomic E-state index is 5.26. The van der Waals surface area contributed by atoms with E-state index in [1.54, 1.807) is 0 Å². The molecular formula is C6H11NO. The van der Waals surface area contributed by atoms with E-state index >= 15 is 0 Å². The molecular weight excluding hydrogens is 102 g/mol. The van der Waals surface area contributed by atoms with Gasteiger partial charge in [-0.25, -0.2) is 0 Å². The molecule has 2 aliphatic rings. The Morgan fingerprint density at radius 1 is 1.38 bits per heavy atom. The zero-order chi connectivity index (χ0) is 5.40. The summed E-state index contributed by atoms with van der Waals surface area (Å²) in [6, 6.07) is 0. The number of nitrogens with zero attached hydrogens (tertiary/aromatic N) is 1. The molecule has 0 aromatic heterocycles. The van der Waals surface area contributed by atoms with E-state index in [1.807, 2.05) is 0 Å². The van der Waals surface area contributed by atoms with Crippen molar-refractivity contribution in [3.63, 3.8) is 0 Å². The van der Waals surface area contributed by atoms with Crippen LogP contribution in [0.2, 0.25) is 0 Å². The molecule has 2 rings (SSSR count). The molecule has 8 heavy (non-hydrogen) atoms. The van der Waals surface area contributed by atoms with Gasteiger partial charge in [0.1, 0.15) is 13.0 Å². The standard InChI is InChI=1S/C6H11NO/c1-2-4-7-5-8-6(7)3-1/h6H,1-5H2. The lowest BCUT2D eigenvalue weighted by atomic mass is 10.1. The summed E-state index contributed by atoms with van der Waals surface area (Å²) in [5, 5.41) is 0. The van der Waals surface area contributed by atoms with Crippen molar-refractivity contribution < 1.29 is 4.74 Å². The van der Waals surface area contributed by atoms with Gasteiger partial charge in [0, 0.05) is 6.54 Å². The zero-order valence-corrected chi connectivity index (χ0v) is 4.97. The number of piperidine rings is 1. The molecule has 1 atom stereocenters. The van der Waals surface area contributed by atoms with E-state index in [0.717, 1.165) is 6.73 Å². The van der Waals surface area contributed by atoms with Crippen LogP contribution in [0.1, 0.15) is 19.3 Å². The van der Waals surface area contributed by atoms with Crippen molar-refractivity contribution in [3.8, 4) is 0 Å². The summed E-state index contributed by atoms with van der Waals surface area (Å²) in [6.45, 7) is 2.16. The van der Waals surface area contributed by atoms with Crippen molar-refractivity contribution in [2.45, 2.75) is 25.5 Å². The molecule has 0 aromatic carbocycles. The van der Waals surface area contributed by atoms with Crippen LogP contribution in [0, 0.1) is 0 Å². The average Bonchev–Trinajstić information content (AvgIpc) is 1.72. The number of hydrogen-bond donors (Lipinski definition) is 0. The molecule has 0 amide bonds. The third-order valence-electron chi connectivity index (χ3n) is 1.99. The molecule has 0 aliphatic carbocycles. The fraction of sp³-hybridized carbons (Fsp3) is 1.00. The van der Waals surface area contributed by atoms with Gasteiger partial charge in [0.05, 0.1) is 0 Å². The quantitative estimate of drug-likeness (QED) is 0.460. The Morgan fingerprint density at radius 3 is 2.75 bits per heavy atom. The molecule has 0 radical (unpaired) electrons. The second kappa shape index (κ2) is 1.71. The summed E-state index contributed by atoms with van der Waals surface area (Å²) in [5.41, 5.74) is 0. The second-order valence-corrected chi connectivity index (χ2v) is 2.56. The summed E-state index contributed by atoms with van der Waals surface area (Å²) in [6.07, 6.45) is 4.52. The lowest BCUT2D eigenvalue weighted by molar-refractivity contribution is -0.232.